The number of pyridine rings is 1. The number of nitrogens with zero attached hydrogens (tertiary/aromatic N) is 7. The van der Waals surface area contributed by atoms with Crippen LogP contribution in [0.4, 0.5) is 11.5 Å². The van der Waals surface area contributed by atoms with Crippen LogP contribution in [-0.4, -0.2) is 60.1 Å². The van der Waals surface area contributed by atoms with Crippen molar-refractivity contribution in [3.8, 4) is 5.69 Å². The van der Waals surface area contributed by atoms with Crippen LogP contribution in [0.3, 0.4) is 0 Å². The lowest BCUT2D eigenvalue weighted by molar-refractivity contribution is -0.113. The lowest BCUT2D eigenvalue weighted by atomic mass is 10.1. The molecule has 5 heterocycles. The Morgan fingerprint density at radius 2 is 1.55 bits per heavy atom. The van der Waals surface area contributed by atoms with Gasteiger partial charge in [-0.1, -0.05) is 78.6 Å². The Morgan fingerprint density at radius 3 is 2.26 bits per heavy atom. The minimum atomic E-state index is -0.446. The molecule has 1 amide bonds. The molecule has 0 radical (unpaired) electrons. The van der Waals surface area contributed by atoms with Gasteiger partial charge >= 0.3 is 0 Å². The van der Waals surface area contributed by atoms with Crippen molar-refractivity contribution in [2.24, 2.45) is 7.05 Å². The van der Waals surface area contributed by atoms with Crippen LogP contribution in [0.5, 0.6) is 0 Å². The number of thiocarbonyl (C=S) groups is 1. The fourth-order valence-electron chi connectivity index (χ4n) is 6.18. The van der Waals surface area contributed by atoms with Crippen molar-refractivity contribution in [1.82, 2.24) is 23.6 Å². The Labute approximate surface area is 281 Å². The van der Waals surface area contributed by atoms with E-state index in [2.05, 4.69) is 21.9 Å². The molecular weight excluding hydrogens is 631 g/mol. The van der Waals surface area contributed by atoms with Gasteiger partial charge in [0, 0.05) is 46.0 Å². The van der Waals surface area contributed by atoms with E-state index in [0.717, 1.165) is 37.0 Å². The lowest BCUT2D eigenvalue weighted by Crippen LogP contribution is -2.47. The fourth-order valence-corrected chi connectivity index (χ4v) is 7.43. The smallest absolute Gasteiger partial charge is 0.296 e. The summed E-state index contributed by atoms with van der Waals surface area (Å²) in [5, 5.41) is 0. The summed E-state index contributed by atoms with van der Waals surface area (Å²) in [5.41, 5.74) is 3.85. The number of hydrogen-bond donors (Lipinski definition) is 0. The number of carbonyl (C=O) groups excluding carboxylic acids is 1. The number of thioether (sulfide) groups is 1. The number of anilines is 2. The number of rotatable bonds is 6. The Hall–Kier alpha value is -4.78. The molecular formula is C35H33N7O3S2. The first-order valence-electron chi connectivity index (χ1n) is 15.4. The van der Waals surface area contributed by atoms with Crippen molar-refractivity contribution < 1.29 is 4.79 Å². The maximum absolute atomic E-state index is 14.1. The first kappa shape index (κ1) is 30.9. The molecule has 12 heteroatoms. The normalized spacial score (nSPS) is 16.6. The van der Waals surface area contributed by atoms with Crippen LogP contribution in [0.2, 0.25) is 0 Å². The third-order valence-corrected chi connectivity index (χ3v) is 10.0. The predicted molar refractivity (Wildman–Crippen MR) is 192 cm³/mol. The highest BCUT2D eigenvalue weighted by atomic mass is 32.2. The number of benzene rings is 2. The monoisotopic (exact) mass is 663 g/mol. The molecule has 0 aliphatic carbocycles. The predicted octanol–water partition coefficient (Wildman–Crippen LogP) is 4.53. The molecule has 238 valence electrons. The summed E-state index contributed by atoms with van der Waals surface area (Å²) < 4.78 is 4.99. The molecule has 2 saturated heterocycles. The Morgan fingerprint density at radius 1 is 0.872 bits per heavy atom. The van der Waals surface area contributed by atoms with E-state index in [1.54, 1.807) is 30.9 Å². The van der Waals surface area contributed by atoms with Crippen molar-refractivity contribution in [2.45, 2.75) is 20.4 Å². The first-order chi connectivity index (χ1) is 22.7. The second-order valence-electron chi connectivity index (χ2n) is 11.8. The van der Waals surface area contributed by atoms with Crippen LogP contribution in [0, 0.1) is 13.8 Å². The Balaban J connectivity index is 1.26. The Bertz CT molecular complexity index is 2180. The van der Waals surface area contributed by atoms with Crippen LogP contribution in [-0.2, 0) is 18.4 Å². The maximum atomic E-state index is 14.1. The van der Waals surface area contributed by atoms with Gasteiger partial charge in [-0.2, -0.15) is 0 Å². The Kier molecular flexibility index (Phi) is 8.16. The maximum Gasteiger partial charge on any atom is 0.296 e. The zero-order valence-electron chi connectivity index (χ0n) is 26.3. The molecule has 0 saturated carbocycles. The number of hydrogen-bond acceptors (Lipinski definition) is 8. The fraction of sp³-hybridized carbons (Fsp3) is 0.229. The largest absolute Gasteiger partial charge is 0.353 e. The zero-order chi connectivity index (χ0) is 32.8. The number of carbonyl (C=O) groups is 1. The van der Waals surface area contributed by atoms with Crippen molar-refractivity contribution in [3.05, 3.63) is 127 Å². The van der Waals surface area contributed by atoms with Crippen LogP contribution in [0.25, 0.3) is 17.4 Å². The van der Waals surface area contributed by atoms with Crippen LogP contribution in [0.15, 0.2) is 93.5 Å². The molecule has 0 N–H and O–H groups in total. The molecule has 2 aromatic carbocycles. The number of amides is 1. The number of para-hydroxylation sites is 1. The molecule has 0 bridgehead atoms. The molecule has 3 aromatic heterocycles. The summed E-state index contributed by atoms with van der Waals surface area (Å²) in [6, 6.07) is 23.4. The minimum absolute atomic E-state index is 0.195. The molecule has 0 atom stereocenters. The number of aryl methyl sites for hydroxylation is 1. The number of piperazine rings is 1. The molecule has 47 heavy (non-hydrogen) atoms. The van der Waals surface area contributed by atoms with E-state index < -0.39 is 5.91 Å². The van der Waals surface area contributed by atoms with E-state index in [9.17, 15) is 14.4 Å². The van der Waals surface area contributed by atoms with Gasteiger partial charge in [0.2, 0.25) is 0 Å². The van der Waals surface area contributed by atoms with E-state index in [4.69, 9.17) is 17.2 Å². The van der Waals surface area contributed by atoms with Gasteiger partial charge in [0.25, 0.3) is 17.0 Å². The van der Waals surface area contributed by atoms with Gasteiger partial charge in [-0.15, -0.1) is 0 Å². The summed E-state index contributed by atoms with van der Waals surface area (Å²) >= 11 is 6.77. The topological polar surface area (TPSA) is 88.1 Å². The summed E-state index contributed by atoms with van der Waals surface area (Å²) in [6.45, 7) is 7.49. The first-order valence-corrected chi connectivity index (χ1v) is 16.6. The minimum Gasteiger partial charge on any atom is -0.353 e. The highest BCUT2D eigenvalue weighted by Crippen LogP contribution is 2.37. The van der Waals surface area contributed by atoms with E-state index in [0.29, 0.717) is 41.5 Å². The average Bonchev–Trinajstić information content (AvgIpc) is 3.47. The number of aromatic nitrogens is 4. The molecule has 0 unspecified atom stereocenters. The van der Waals surface area contributed by atoms with Gasteiger partial charge in [0.1, 0.15) is 17.2 Å². The lowest BCUT2D eigenvalue weighted by Gasteiger charge is -2.36. The third kappa shape index (κ3) is 5.62. The number of fused-ring (bicyclic) bond motifs is 1. The average molecular weight is 664 g/mol. The third-order valence-electron chi connectivity index (χ3n) is 8.72. The highest BCUT2D eigenvalue weighted by molar-refractivity contribution is 8.27. The SMILES string of the molecule is Cc1ccc2nc(N3CCN(Cc4ccccc4)CC3)c(/C=C3/SC(=S)N(c4c(C)n(C)n(-c5ccccc5)c4=O)C3=O)c(=O)n2c1. The quantitative estimate of drug-likeness (QED) is 0.194. The van der Waals surface area contributed by atoms with Crippen molar-refractivity contribution >= 4 is 57.4 Å². The van der Waals surface area contributed by atoms with Crippen molar-refractivity contribution in [2.75, 3.05) is 36.0 Å². The van der Waals surface area contributed by atoms with Gasteiger partial charge in [0.05, 0.1) is 21.8 Å². The van der Waals surface area contributed by atoms with Crippen molar-refractivity contribution in [1.29, 1.82) is 0 Å². The summed E-state index contributed by atoms with van der Waals surface area (Å²) in [5.74, 6) is 0.0872. The van der Waals surface area contributed by atoms with Crippen LogP contribution >= 0.6 is 24.0 Å². The van der Waals surface area contributed by atoms with E-state index in [-0.39, 0.29) is 26.0 Å². The van der Waals surface area contributed by atoms with E-state index >= 15 is 0 Å². The highest BCUT2D eigenvalue weighted by Gasteiger charge is 2.38. The van der Waals surface area contributed by atoms with E-state index in [1.807, 2.05) is 67.6 Å². The second-order valence-corrected chi connectivity index (χ2v) is 13.4. The van der Waals surface area contributed by atoms with Crippen molar-refractivity contribution in [3.63, 3.8) is 0 Å². The summed E-state index contributed by atoms with van der Waals surface area (Å²) in [4.78, 5) is 53.0. The molecule has 2 fully saturated rings. The summed E-state index contributed by atoms with van der Waals surface area (Å²) in [7, 11) is 1.77. The van der Waals surface area contributed by atoms with Gasteiger partial charge in [0.15, 0.2) is 4.32 Å². The van der Waals surface area contributed by atoms with Crippen LogP contribution < -0.4 is 20.9 Å². The molecule has 2 aliphatic heterocycles. The molecule has 0 spiro atoms. The molecule has 2 aliphatic rings. The second kappa shape index (κ2) is 12.4. The van der Waals surface area contributed by atoms with E-state index in [1.165, 1.54) is 19.5 Å². The zero-order valence-corrected chi connectivity index (χ0v) is 27.9. The molecule has 7 rings (SSSR count). The summed E-state index contributed by atoms with van der Waals surface area (Å²) in [6.07, 6.45) is 3.36. The standard InChI is InChI=1S/C35H33N7O3S2/c1-23-14-15-29-36-31(39-18-16-38(17-19-39)22-25-10-6-4-7-11-25)27(32(43)40(29)21-23)20-28-33(44)41(35(46)47-28)30-24(2)37(3)42(34(30)45)26-12-8-5-9-13-26/h4-15,20-21H,16-19,22H2,1-3H3/b28-20+. The molecule has 5 aromatic rings. The van der Waals surface area contributed by atoms with Gasteiger partial charge < -0.3 is 4.90 Å². The molecule has 10 nitrogen and oxygen atoms in total. The van der Waals surface area contributed by atoms with Gasteiger partial charge in [-0.3, -0.25) is 33.3 Å². The van der Waals surface area contributed by atoms with Gasteiger partial charge in [-0.25, -0.2) is 9.67 Å². The van der Waals surface area contributed by atoms with Crippen LogP contribution in [0.1, 0.15) is 22.4 Å². The van der Waals surface area contributed by atoms with Gasteiger partial charge in [-0.05, 0) is 49.2 Å².